The second-order valence-electron chi connectivity index (χ2n) is 6.04. The number of benzene rings is 1. The number of hydrogen-bond acceptors (Lipinski definition) is 3. The molecular weight excluding hydrogens is 276 g/mol. The molecule has 0 bridgehead atoms. The maximum absolute atomic E-state index is 12.2. The predicted molar refractivity (Wildman–Crippen MR) is 90.3 cm³/mol. The van der Waals surface area contributed by atoms with E-state index in [9.17, 15) is 4.79 Å². The molecule has 0 aromatic heterocycles. The van der Waals surface area contributed by atoms with Crippen LogP contribution in [0.1, 0.15) is 37.3 Å². The SMILES string of the molecule is CCc1cccc(C)c1NC(=O)CCN1CCC(OC)CC1. The number of likely N-dealkylation sites (tertiary alicyclic amines) is 1. The average molecular weight is 304 g/mol. The minimum absolute atomic E-state index is 0.109. The molecule has 0 aliphatic carbocycles. The monoisotopic (exact) mass is 304 g/mol. The van der Waals surface area contributed by atoms with Crippen molar-refractivity contribution in [1.82, 2.24) is 4.90 Å². The fourth-order valence-electron chi connectivity index (χ4n) is 3.03. The number of ether oxygens (including phenoxy) is 1. The highest BCUT2D eigenvalue weighted by Crippen LogP contribution is 2.21. The molecule has 4 heteroatoms. The van der Waals surface area contributed by atoms with E-state index in [1.54, 1.807) is 7.11 Å². The Morgan fingerprint density at radius 2 is 2.09 bits per heavy atom. The highest BCUT2D eigenvalue weighted by molar-refractivity contribution is 5.92. The van der Waals surface area contributed by atoms with Gasteiger partial charge in [-0.3, -0.25) is 4.79 Å². The van der Waals surface area contributed by atoms with Gasteiger partial charge in [-0.15, -0.1) is 0 Å². The summed E-state index contributed by atoms with van der Waals surface area (Å²) in [6, 6.07) is 6.17. The lowest BCUT2D eigenvalue weighted by Crippen LogP contribution is -2.38. The maximum Gasteiger partial charge on any atom is 0.225 e. The van der Waals surface area contributed by atoms with Crippen molar-refractivity contribution in [2.75, 3.05) is 32.1 Å². The van der Waals surface area contributed by atoms with E-state index in [2.05, 4.69) is 23.2 Å². The van der Waals surface area contributed by atoms with Crippen LogP contribution in [0.15, 0.2) is 18.2 Å². The van der Waals surface area contributed by atoms with Crippen LogP contribution >= 0.6 is 0 Å². The predicted octanol–water partition coefficient (Wildman–Crippen LogP) is 3.00. The Morgan fingerprint density at radius 3 is 2.73 bits per heavy atom. The molecule has 1 aliphatic rings. The zero-order valence-corrected chi connectivity index (χ0v) is 14.0. The number of piperidine rings is 1. The Bertz CT molecular complexity index is 494. The molecule has 1 saturated heterocycles. The van der Waals surface area contributed by atoms with E-state index >= 15 is 0 Å². The van der Waals surface area contributed by atoms with Crippen molar-refractivity contribution >= 4 is 11.6 Å². The van der Waals surface area contributed by atoms with E-state index in [0.717, 1.165) is 50.1 Å². The number of rotatable bonds is 6. The molecule has 1 aromatic carbocycles. The summed E-state index contributed by atoms with van der Waals surface area (Å²) >= 11 is 0. The molecule has 22 heavy (non-hydrogen) atoms. The third-order valence-corrected chi connectivity index (χ3v) is 4.53. The standard InChI is InChI=1S/C18H28N2O2/c1-4-15-7-5-6-14(2)18(15)19-17(21)10-13-20-11-8-16(22-3)9-12-20/h5-7,16H,4,8-13H2,1-3H3,(H,19,21). The van der Waals surface area contributed by atoms with Gasteiger partial charge in [-0.25, -0.2) is 0 Å². The maximum atomic E-state index is 12.2. The number of carbonyl (C=O) groups is 1. The summed E-state index contributed by atoms with van der Waals surface area (Å²) in [6.07, 6.45) is 4.01. The second-order valence-corrected chi connectivity index (χ2v) is 6.04. The van der Waals surface area contributed by atoms with Crippen molar-refractivity contribution in [1.29, 1.82) is 0 Å². The van der Waals surface area contributed by atoms with E-state index in [1.807, 2.05) is 19.1 Å². The normalized spacial score (nSPS) is 16.7. The van der Waals surface area contributed by atoms with Gasteiger partial charge in [0.1, 0.15) is 0 Å². The van der Waals surface area contributed by atoms with Gasteiger partial charge < -0.3 is 15.0 Å². The number of amides is 1. The Labute approximate surface area is 133 Å². The van der Waals surface area contributed by atoms with Gasteiger partial charge in [-0.2, -0.15) is 0 Å². The van der Waals surface area contributed by atoms with E-state index in [0.29, 0.717) is 12.5 Å². The molecule has 0 atom stereocenters. The van der Waals surface area contributed by atoms with Crippen molar-refractivity contribution in [3.8, 4) is 0 Å². The average Bonchev–Trinajstić information content (AvgIpc) is 2.55. The quantitative estimate of drug-likeness (QED) is 0.878. The molecule has 0 unspecified atom stereocenters. The Kier molecular flexibility index (Phi) is 6.40. The molecule has 122 valence electrons. The van der Waals surface area contributed by atoms with Crippen LogP contribution in [-0.2, 0) is 16.0 Å². The van der Waals surface area contributed by atoms with Gasteiger partial charge in [0.05, 0.1) is 6.10 Å². The Morgan fingerprint density at radius 1 is 1.36 bits per heavy atom. The van der Waals surface area contributed by atoms with Gasteiger partial charge >= 0.3 is 0 Å². The fourth-order valence-corrected chi connectivity index (χ4v) is 3.03. The zero-order chi connectivity index (χ0) is 15.9. The van der Waals surface area contributed by atoms with E-state index < -0.39 is 0 Å². The molecule has 2 rings (SSSR count). The van der Waals surface area contributed by atoms with Crippen LogP contribution in [-0.4, -0.2) is 43.7 Å². The van der Waals surface area contributed by atoms with E-state index in [4.69, 9.17) is 4.74 Å². The third kappa shape index (κ3) is 4.55. The molecule has 0 spiro atoms. The van der Waals surface area contributed by atoms with Gasteiger partial charge in [0.2, 0.25) is 5.91 Å². The number of nitrogens with zero attached hydrogens (tertiary/aromatic N) is 1. The third-order valence-electron chi connectivity index (χ3n) is 4.53. The first-order valence-corrected chi connectivity index (χ1v) is 8.27. The fraction of sp³-hybridized carbons (Fsp3) is 0.611. The van der Waals surface area contributed by atoms with Crippen molar-refractivity contribution in [3.63, 3.8) is 0 Å². The summed E-state index contributed by atoms with van der Waals surface area (Å²) in [5.41, 5.74) is 3.33. The molecule has 0 radical (unpaired) electrons. The molecule has 0 saturated carbocycles. The molecule has 1 aliphatic heterocycles. The number of anilines is 1. The largest absolute Gasteiger partial charge is 0.381 e. The van der Waals surface area contributed by atoms with Gasteiger partial charge in [-0.05, 0) is 37.3 Å². The van der Waals surface area contributed by atoms with Crippen LogP contribution in [0, 0.1) is 6.92 Å². The van der Waals surface area contributed by atoms with Crippen LogP contribution < -0.4 is 5.32 Å². The molecule has 1 heterocycles. The summed E-state index contributed by atoms with van der Waals surface area (Å²) in [4.78, 5) is 14.6. The van der Waals surface area contributed by atoms with Crippen molar-refractivity contribution < 1.29 is 9.53 Å². The highest BCUT2D eigenvalue weighted by Gasteiger charge is 2.19. The van der Waals surface area contributed by atoms with Gasteiger partial charge in [-0.1, -0.05) is 25.1 Å². The molecule has 1 aromatic rings. The molecule has 1 fully saturated rings. The lowest BCUT2D eigenvalue weighted by molar-refractivity contribution is -0.116. The lowest BCUT2D eigenvalue weighted by atomic mass is 10.1. The molecule has 1 N–H and O–H groups in total. The first-order chi connectivity index (χ1) is 10.6. The second kappa shape index (κ2) is 8.30. The van der Waals surface area contributed by atoms with E-state index in [1.165, 1.54) is 5.56 Å². The summed E-state index contributed by atoms with van der Waals surface area (Å²) in [5, 5.41) is 3.10. The first-order valence-electron chi connectivity index (χ1n) is 8.27. The van der Waals surface area contributed by atoms with Crippen LogP contribution in [0.2, 0.25) is 0 Å². The summed E-state index contributed by atoms with van der Waals surface area (Å²) in [7, 11) is 1.78. The summed E-state index contributed by atoms with van der Waals surface area (Å²) in [5.74, 6) is 0.109. The van der Waals surface area contributed by atoms with Gasteiger partial charge in [0, 0.05) is 38.9 Å². The van der Waals surface area contributed by atoms with Crippen molar-refractivity contribution in [3.05, 3.63) is 29.3 Å². The molecule has 4 nitrogen and oxygen atoms in total. The van der Waals surface area contributed by atoms with Crippen LogP contribution in [0.3, 0.4) is 0 Å². The highest BCUT2D eigenvalue weighted by atomic mass is 16.5. The Balaban J connectivity index is 1.82. The topological polar surface area (TPSA) is 41.6 Å². The van der Waals surface area contributed by atoms with Crippen molar-refractivity contribution in [2.24, 2.45) is 0 Å². The van der Waals surface area contributed by atoms with Gasteiger partial charge in [0.15, 0.2) is 0 Å². The zero-order valence-electron chi connectivity index (χ0n) is 14.0. The first kappa shape index (κ1) is 17.0. The molecular formula is C18H28N2O2. The number of methoxy groups -OCH3 is 1. The smallest absolute Gasteiger partial charge is 0.225 e. The number of carbonyl (C=O) groups excluding carboxylic acids is 1. The van der Waals surface area contributed by atoms with Crippen molar-refractivity contribution in [2.45, 2.75) is 45.6 Å². The number of aryl methyl sites for hydroxylation is 2. The number of hydrogen-bond donors (Lipinski definition) is 1. The van der Waals surface area contributed by atoms with E-state index in [-0.39, 0.29) is 5.91 Å². The summed E-state index contributed by atoms with van der Waals surface area (Å²) in [6.45, 7) is 7.04. The van der Waals surface area contributed by atoms with Crippen LogP contribution in [0.5, 0.6) is 0 Å². The molecule has 1 amide bonds. The lowest BCUT2D eigenvalue weighted by Gasteiger charge is -2.30. The Hall–Kier alpha value is -1.39. The number of nitrogens with one attached hydrogen (secondary N) is 1. The van der Waals surface area contributed by atoms with Gasteiger partial charge in [0.25, 0.3) is 0 Å². The van der Waals surface area contributed by atoms with Crippen LogP contribution in [0.25, 0.3) is 0 Å². The minimum atomic E-state index is 0.109. The van der Waals surface area contributed by atoms with Crippen LogP contribution in [0.4, 0.5) is 5.69 Å². The number of para-hydroxylation sites is 1. The summed E-state index contributed by atoms with van der Waals surface area (Å²) < 4.78 is 5.38. The minimum Gasteiger partial charge on any atom is -0.381 e.